The van der Waals surface area contributed by atoms with Crippen LogP contribution in [-0.2, 0) is 17.8 Å². The summed E-state index contributed by atoms with van der Waals surface area (Å²) >= 11 is 0. The highest BCUT2D eigenvalue weighted by atomic mass is 16.5. The highest BCUT2D eigenvalue weighted by Gasteiger charge is 2.29. The van der Waals surface area contributed by atoms with Crippen molar-refractivity contribution in [2.75, 3.05) is 25.1 Å². The van der Waals surface area contributed by atoms with Gasteiger partial charge in [-0.25, -0.2) is 9.97 Å². The highest BCUT2D eigenvalue weighted by Crippen LogP contribution is 2.32. The lowest BCUT2D eigenvalue weighted by Gasteiger charge is -2.31. The summed E-state index contributed by atoms with van der Waals surface area (Å²) in [5, 5.41) is 3.43. The van der Waals surface area contributed by atoms with Crippen molar-refractivity contribution in [3.05, 3.63) is 46.9 Å². The van der Waals surface area contributed by atoms with Crippen LogP contribution in [0.25, 0.3) is 0 Å². The van der Waals surface area contributed by atoms with Gasteiger partial charge in [-0.15, -0.1) is 0 Å². The molecule has 1 aromatic heterocycles. The molecule has 3 heterocycles. The van der Waals surface area contributed by atoms with E-state index in [2.05, 4.69) is 5.32 Å². The third-order valence-electron chi connectivity index (χ3n) is 5.52. The van der Waals surface area contributed by atoms with Crippen LogP contribution < -0.4 is 15.0 Å². The third-order valence-corrected chi connectivity index (χ3v) is 5.52. The average molecular weight is 366 g/mol. The van der Waals surface area contributed by atoms with E-state index < -0.39 is 0 Å². The number of aromatic nitrogens is 2. The van der Waals surface area contributed by atoms with Crippen LogP contribution in [0.3, 0.4) is 0 Å². The van der Waals surface area contributed by atoms with E-state index in [1.54, 1.807) is 7.11 Å². The van der Waals surface area contributed by atoms with Crippen molar-refractivity contribution in [1.82, 2.24) is 15.3 Å². The van der Waals surface area contributed by atoms with Crippen LogP contribution in [0.5, 0.6) is 5.75 Å². The van der Waals surface area contributed by atoms with E-state index in [1.807, 2.05) is 36.1 Å². The van der Waals surface area contributed by atoms with Crippen LogP contribution in [0.1, 0.15) is 47.8 Å². The third kappa shape index (κ3) is 3.67. The van der Waals surface area contributed by atoms with Crippen molar-refractivity contribution in [3.63, 3.8) is 0 Å². The van der Waals surface area contributed by atoms with Gasteiger partial charge in [0.2, 0.25) is 5.91 Å². The molecule has 0 radical (unpaired) electrons. The van der Waals surface area contributed by atoms with E-state index >= 15 is 0 Å². The first-order chi connectivity index (χ1) is 13.2. The summed E-state index contributed by atoms with van der Waals surface area (Å²) in [6.07, 6.45) is 3.47. The molecule has 0 saturated carbocycles. The maximum Gasteiger partial charge on any atom is 0.228 e. The van der Waals surface area contributed by atoms with Crippen molar-refractivity contribution in [2.24, 2.45) is 0 Å². The molecular formula is C21H26N4O2. The van der Waals surface area contributed by atoms with Crippen molar-refractivity contribution in [1.29, 1.82) is 0 Å². The first-order valence-corrected chi connectivity index (χ1v) is 9.67. The van der Waals surface area contributed by atoms with Gasteiger partial charge in [0.05, 0.1) is 13.7 Å². The van der Waals surface area contributed by atoms with Gasteiger partial charge in [-0.05, 0) is 50.4 Å². The fourth-order valence-corrected chi connectivity index (χ4v) is 3.93. The molecular weight excluding hydrogens is 340 g/mol. The molecule has 142 valence electrons. The molecule has 2 aliphatic rings. The zero-order valence-corrected chi connectivity index (χ0v) is 16.0. The number of nitrogens with zero attached hydrogens (tertiary/aromatic N) is 3. The number of nitrogens with one attached hydrogen (secondary N) is 1. The van der Waals surface area contributed by atoms with E-state index in [9.17, 15) is 4.79 Å². The molecule has 6 nitrogen and oxygen atoms in total. The van der Waals surface area contributed by atoms with Crippen molar-refractivity contribution in [2.45, 2.75) is 45.1 Å². The number of amides is 1. The quantitative estimate of drug-likeness (QED) is 0.901. The number of hydrogen-bond acceptors (Lipinski definition) is 5. The van der Waals surface area contributed by atoms with Gasteiger partial charge in [0.1, 0.15) is 17.4 Å². The second kappa shape index (κ2) is 7.64. The first-order valence-electron chi connectivity index (χ1n) is 9.67. The molecule has 0 bridgehead atoms. The Balaban J connectivity index is 1.67. The number of hydrogen-bond donors (Lipinski definition) is 1. The Labute approximate surface area is 160 Å². The van der Waals surface area contributed by atoms with Crippen molar-refractivity contribution < 1.29 is 9.53 Å². The Hall–Kier alpha value is -2.47. The summed E-state index contributed by atoms with van der Waals surface area (Å²) in [6, 6.07) is 7.85. The molecule has 1 atom stereocenters. The minimum atomic E-state index is 0.129. The highest BCUT2D eigenvalue weighted by molar-refractivity contribution is 5.95. The topological polar surface area (TPSA) is 67.3 Å². The van der Waals surface area contributed by atoms with Crippen LogP contribution in [0.2, 0.25) is 0 Å². The summed E-state index contributed by atoms with van der Waals surface area (Å²) in [6.45, 7) is 4.53. The molecule has 4 rings (SSSR count). The largest absolute Gasteiger partial charge is 0.497 e. The monoisotopic (exact) mass is 366 g/mol. The van der Waals surface area contributed by atoms with Crippen LogP contribution in [0, 0.1) is 6.92 Å². The van der Waals surface area contributed by atoms with Gasteiger partial charge >= 0.3 is 0 Å². The summed E-state index contributed by atoms with van der Waals surface area (Å²) in [5.41, 5.74) is 3.18. The molecule has 1 amide bonds. The Kier molecular flexibility index (Phi) is 5.07. The number of fused-ring (bicyclic) bond motifs is 1. The van der Waals surface area contributed by atoms with Gasteiger partial charge in [-0.3, -0.25) is 9.69 Å². The van der Waals surface area contributed by atoms with Crippen LogP contribution in [0.4, 0.5) is 5.82 Å². The molecule has 0 spiro atoms. The number of carbonyl (C=O) groups excluding carboxylic acids is 1. The molecule has 1 aromatic carbocycles. The van der Waals surface area contributed by atoms with E-state index in [-0.39, 0.29) is 5.91 Å². The lowest BCUT2D eigenvalue weighted by molar-refractivity contribution is -0.119. The van der Waals surface area contributed by atoms with Crippen LogP contribution in [0.15, 0.2) is 24.3 Å². The molecule has 2 aromatic rings. The van der Waals surface area contributed by atoms with Crippen molar-refractivity contribution >= 4 is 11.7 Å². The summed E-state index contributed by atoms with van der Waals surface area (Å²) in [5.74, 6) is 2.93. The fraction of sp³-hybridized carbons (Fsp3) is 0.476. The number of anilines is 1. The summed E-state index contributed by atoms with van der Waals surface area (Å²) in [4.78, 5) is 24.2. The molecule has 2 aliphatic heterocycles. The van der Waals surface area contributed by atoms with Gasteiger partial charge in [0.25, 0.3) is 0 Å². The fourth-order valence-electron chi connectivity index (χ4n) is 3.93. The average Bonchev–Trinajstić information content (AvgIpc) is 2.71. The second-order valence-electron chi connectivity index (χ2n) is 7.34. The molecule has 1 N–H and O–H groups in total. The Morgan fingerprint density at radius 2 is 2.04 bits per heavy atom. The number of ether oxygens (including phenoxy) is 1. The van der Waals surface area contributed by atoms with Crippen molar-refractivity contribution in [3.8, 4) is 5.75 Å². The zero-order chi connectivity index (χ0) is 18.8. The maximum atomic E-state index is 12.7. The number of rotatable bonds is 4. The van der Waals surface area contributed by atoms with Gasteiger partial charge < -0.3 is 10.1 Å². The van der Waals surface area contributed by atoms with E-state index in [1.165, 1.54) is 0 Å². The van der Waals surface area contributed by atoms with Gasteiger partial charge in [-0.1, -0.05) is 12.1 Å². The van der Waals surface area contributed by atoms with Gasteiger partial charge in [0.15, 0.2) is 0 Å². The Morgan fingerprint density at radius 1 is 1.22 bits per heavy atom. The molecule has 27 heavy (non-hydrogen) atoms. The molecule has 0 aliphatic carbocycles. The Bertz CT molecular complexity index is 829. The molecule has 0 unspecified atom stereocenters. The summed E-state index contributed by atoms with van der Waals surface area (Å²) < 4.78 is 5.23. The van der Waals surface area contributed by atoms with Gasteiger partial charge in [0, 0.05) is 30.1 Å². The first kappa shape index (κ1) is 17.9. The van der Waals surface area contributed by atoms with E-state index in [4.69, 9.17) is 14.7 Å². The van der Waals surface area contributed by atoms with Gasteiger partial charge in [-0.2, -0.15) is 0 Å². The predicted molar refractivity (Wildman–Crippen MR) is 104 cm³/mol. The molecule has 1 fully saturated rings. The Morgan fingerprint density at radius 3 is 2.74 bits per heavy atom. The standard InChI is InChI=1S/C21H26N4O2/c1-14-18-9-10-19(26)25(13-15-5-7-17(27-2)8-6-15)21(18)24-20(23-14)16-4-3-11-22-12-16/h5-8,16,22H,3-4,9-13H2,1-2H3/t16-/m1/s1. The lowest BCUT2D eigenvalue weighted by atomic mass is 9.97. The maximum absolute atomic E-state index is 12.7. The molecule has 6 heteroatoms. The SMILES string of the molecule is COc1ccc(CN2C(=O)CCc3c(C)nc([C@@H]4CCCNC4)nc32)cc1. The normalized spacial score (nSPS) is 19.7. The zero-order valence-electron chi connectivity index (χ0n) is 16.0. The minimum Gasteiger partial charge on any atom is -0.497 e. The summed E-state index contributed by atoms with van der Waals surface area (Å²) in [7, 11) is 1.65. The predicted octanol–water partition coefficient (Wildman–Crippen LogP) is 2.74. The molecule has 1 saturated heterocycles. The number of piperidine rings is 1. The van der Waals surface area contributed by atoms with Crippen LogP contribution in [-0.4, -0.2) is 36.1 Å². The second-order valence-corrected chi connectivity index (χ2v) is 7.34. The number of aryl methyl sites for hydroxylation is 1. The smallest absolute Gasteiger partial charge is 0.228 e. The van der Waals surface area contributed by atoms with E-state index in [0.29, 0.717) is 18.9 Å². The van der Waals surface area contributed by atoms with E-state index in [0.717, 1.165) is 66.6 Å². The van der Waals surface area contributed by atoms with Crippen LogP contribution >= 0.6 is 0 Å². The lowest BCUT2D eigenvalue weighted by Crippen LogP contribution is -2.37. The minimum absolute atomic E-state index is 0.129. The number of benzene rings is 1. The number of carbonyl (C=O) groups is 1. The number of methoxy groups -OCH3 is 1.